The maximum atomic E-state index is 12.8. The highest BCUT2D eigenvalue weighted by molar-refractivity contribution is 9.10. The Bertz CT molecular complexity index is 580. The molecule has 0 radical (unpaired) electrons. The summed E-state index contributed by atoms with van der Waals surface area (Å²) in [6.45, 7) is 4.52. The van der Waals surface area contributed by atoms with Crippen LogP contribution >= 0.6 is 15.9 Å². The molecule has 0 aliphatic carbocycles. The van der Waals surface area contributed by atoms with E-state index < -0.39 is 10.0 Å². The number of ether oxygens (including phenoxy) is 1. The third-order valence-corrected chi connectivity index (χ3v) is 6.74. The van der Waals surface area contributed by atoms with E-state index in [4.69, 9.17) is 4.74 Å². The van der Waals surface area contributed by atoms with Gasteiger partial charge in [0.2, 0.25) is 10.0 Å². The van der Waals surface area contributed by atoms with E-state index in [0.717, 1.165) is 39.1 Å². The standard InChI is InChI=1S/C15H23BrN2O3S/c1-21-13-5-9-17-8-4-10-18(12-11-17)22(19,20)15-7-3-2-6-14(15)16/h2-3,6-7H,4-5,8-13H2,1H3. The number of hydrogen-bond acceptors (Lipinski definition) is 4. The largest absolute Gasteiger partial charge is 0.385 e. The topological polar surface area (TPSA) is 49.9 Å². The van der Waals surface area contributed by atoms with Crippen LogP contribution in [0.5, 0.6) is 0 Å². The highest BCUT2D eigenvalue weighted by atomic mass is 79.9. The molecule has 0 amide bonds. The molecule has 0 atom stereocenters. The van der Waals surface area contributed by atoms with E-state index in [1.54, 1.807) is 29.6 Å². The number of sulfonamides is 1. The van der Waals surface area contributed by atoms with Crippen molar-refractivity contribution in [2.45, 2.75) is 17.7 Å². The summed E-state index contributed by atoms with van der Waals surface area (Å²) in [5.41, 5.74) is 0. The van der Waals surface area contributed by atoms with Crippen LogP contribution < -0.4 is 0 Å². The van der Waals surface area contributed by atoms with E-state index in [1.807, 2.05) is 6.07 Å². The van der Waals surface area contributed by atoms with Gasteiger partial charge in [0.25, 0.3) is 0 Å². The van der Waals surface area contributed by atoms with Gasteiger partial charge in [0, 0.05) is 44.4 Å². The van der Waals surface area contributed by atoms with Crippen LogP contribution in [0.2, 0.25) is 0 Å². The number of methoxy groups -OCH3 is 1. The molecule has 22 heavy (non-hydrogen) atoms. The first-order chi connectivity index (χ1) is 10.6. The highest BCUT2D eigenvalue weighted by Crippen LogP contribution is 2.25. The lowest BCUT2D eigenvalue weighted by Crippen LogP contribution is -2.35. The molecule has 1 heterocycles. The Hall–Kier alpha value is -0.470. The molecular formula is C15H23BrN2O3S. The van der Waals surface area contributed by atoms with Crippen molar-refractivity contribution < 1.29 is 13.2 Å². The van der Waals surface area contributed by atoms with Gasteiger partial charge in [-0.25, -0.2) is 8.42 Å². The zero-order valence-electron chi connectivity index (χ0n) is 12.9. The third-order valence-electron chi connectivity index (χ3n) is 3.82. The summed E-state index contributed by atoms with van der Waals surface area (Å²) < 4.78 is 32.9. The van der Waals surface area contributed by atoms with E-state index in [9.17, 15) is 8.42 Å². The van der Waals surface area contributed by atoms with E-state index in [1.165, 1.54) is 0 Å². The van der Waals surface area contributed by atoms with Crippen LogP contribution in [0.4, 0.5) is 0 Å². The Kier molecular flexibility index (Phi) is 6.83. The molecule has 2 rings (SSSR count). The number of benzene rings is 1. The fraction of sp³-hybridized carbons (Fsp3) is 0.600. The lowest BCUT2D eigenvalue weighted by Gasteiger charge is -2.22. The maximum absolute atomic E-state index is 12.8. The van der Waals surface area contributed by atoms with Gasteiger partial charge < -0.3 is 9.64 Å². The Morgan fingerprint density at radius 3 is 2.68 bits per heavy atom. The van der Waals surface area contributed by atoms with Crippen molar-refractivity contribution in [2.24, 2.45) is 0 Å². The Morgan fingerprint density at radius 2 is 1.95 bits per heavy atom. The zero-order chi connectivity index (χ0) is 16.0. The molecule has 0 saturated carbocycles. The minimum absolute atomic E-state index is 0.350. The smallest absolute Gasteiger partial charge is 0.244 e. The normalized spacial score (nSPS) is 18.3. The van der Waals surface area contributed by atoms with Crippen LogP contribution in [0, 0.1) is 0 Å². The van der Waals surface area contributed by atoms with Crippen molar-refractivity contribution in [3.63, 3.8) is 0 Å². The van der Waals surface area contributed by atoms with Crippen molar-refractivity contribution in [1.82, 2.24) is 9.21 Å². The molecule has 0 spiro atoms. The molecule has 0 bridgehead atoms. The summed E-state index contributed by atoms with van der Waals surface area (Å²) >= 11 is 3.34. The molecule has 0 aromatic heterocycles. The van der Waals surface area contributed by atoms with Crippen LogP contribution in [0.25, 0.3) is 0 Å². The minimum Gasteiger partial charge on any atom is -0.385 e. The SMILES string of the molecule is COCCCN1CCCN(S(=O)(=O)c2ccccc2Br)CC1. The molecule has 1 fully saturated rings. The van der Waals surface area contributed by atoms with Gasteiger partial charge in [-0.05, 0) is 47.4 Å². The highest BCUT2D eigenvalue weighted by Gasteiger charge is 2.28. The Morgan fingerprint density at radius 1 is 1.18 bits per heavy atom. The fourth-order valence-corrected chi connectivity index (χ4v) is 5.07. The molecular weight excluding hydrogens is 368 g/mol. The lowest BCUT2D eigenvalue weighted by atomic mass is 10.3. The summed E-state index contributed by atoms with van der Waals surface area (Å²) in [5.74, 6) is 0. The molecule has 1 saturated heterocycles. The van der Waals surface area contributed by atoms with Gasteiger partial charge in [0.15, 0.2) is 0 Å². The van der Waals surface area contributed by atoms with Crippen molar-refractivity contribution in [3.05, 3.63) is 28.7 Å². The first-order valence-corrected chi connectivity index (χ1v) is 9.75. The molecule has 5 nitrogen and oxygen atoms in total. The van der Waals surface area contributed by atoms with Crippen molar-refractivity contribution >= 4 is 26.0 Å². The summed E-state index contributed by atoms with van der Waals surface area (Å²) in [4.78, 5) is 2.66. The van der Waals surface area contributed by atoms with Gasteiger partial charge >= 0.3 is 0 Å². The Labute approximate surface area is 141 Å². The second kappa shape index (κ2) is 8.40. The quantitative estimate of drug-likeness (QED) is 0.698. The van der Waals surface area contributed by atoms with Gasteiger partial charge in [0.05, 0.1) is 4.90 Å². The van der Waals surface area contributed by atoms with Gasteiger partial charge in [-0.2, -0.15) is 4.31 Å². The Balaban J connectivity index is 2.03. The van der Waals surface area contributed by atoms with Crippen molar-refractivity contribution in [2.75, 3.05) is 46.4 Å². The van der Waals surface area contributed by atoms with E-state index in [-0.39, 0.29) is 0 Å². The van der Waals surface area contributed by atoms with Crippen molar-refractivity contribution in [3.8, 4) is 0 Å². The van der Waals surface area contributed by atoms with Gasteiger partial charge in [-0.1, -0.05) is 12.1 Å². The molecule has 1 aliphatic rings. The number of nitrogens with zero attached hydrogens (tertiary/aromatic N) is 2. The summed E-state index contributed by atoms with van der Waals surface area (Å²) in [7, 11) is -1.73. The summed E-state index contributed by atoms with van der Waals surface area (Å²) in [6, 6.07) is 7.00. The van der Waals surface area contributed by atoms with Crippen LogP contribution in [0.1, 0.15) is 12.8 Å². The van der Waals surface area contributed by atoms with Crippen LogP contribution in [0.15, 0.2) is 33.6 Å². The number of halogens is 1. The average molecular weight is 391 g/mol. The summed E-state index contributed by atoms with van der Waals surface area (Å²) in [6.07, 6.45) is 1.84. The lowest BCUT2D eigenvalue weighted by molar-refractivity contribution is 0.173. The molecule has 1 aliphatic heterocycles. The molecule has 1 aromatic rings. The second-order valence-corrected chi connectivity index (χ2v) is 8.14. The maximum Gasteiger partial charge on any atom is 0.244 e. The molecule has 1 aromatic carbocycles. The number of rotatable bonds is 6. The average Bonchev–Trinajstić information content (AvgIpc) is 2.74. The number of hydrogen-bond donors (Lipinski definition) is 0. The third kappa shape index (κ3) is 4.52. The summed E-state index contributed by atoms with van der Waals surface area (Å²) in [5, 5.41) is 0. The monoisotopic (exact) mass is 390 g/mol. The molecule has 7 heteroatoms. The predicted octanol–water partition coefficient (Wildman–Crippen LogP) is 2.18. The van der Waals surface area contributed by atoms with Gasteiger partial charge in [0.1, 0.15) is 0 Å². The van der Waals surface area contributed by atoms with Crippen LogP contribution in [-0.2, 0) is 14.8 Å². The molecule has 124 valence electrons. The molecule has 0 N–H and O–H groups in total. The zero-order valence-corrected chi connectivity index (χ0v) is 15.3. The first kappa shape index (κ1) is 17.9. The predicted molar refractivity (Wildman–Crippen MR) is 90.5 cm³/mol. The van der Waals surface area contributed by atoms with Crippen molar-refractivity contribution in [1.29, 1.82) is 0 Å². The van der Waals surface area contributed by atoms with Crippen LogP contribution in [0.3, 0.4) is 0 Å². The van der Waals surface area contributed by atoms with Gasteiger partial charge in [-0.3, -0.25) is 0 Å². The van der Waals surface area contributed by atoms with Crippen LogP contribution in [-0.4, -0.2) is 64.1 Å². The fourth-order valence-electron chi connectivity index (χ4n) is 2.64. The van der Waals surface area contributed by atoms with E-state index >= 15 is 0 Å². The first-order valence-electron chi connectivity index (χ1n) is 7.51. The molecule has 0 unspecified atom stereocenters. The van der Waals surface area contributed by atoms with Gasteiger partial charge in [-0.15, -0.1) is 0 Å². The second-order valence-electron chi connectivity index (χ2n) is 5.38. The minimum atomic E-state index is -3.43. The van der Waals surface area contributed by atoms with E-state index in [2.05, 4.69) is 20.8 Å². The van der Waals surface area contributed by atoms with E-state index in [0.29, 0.717) is 22.5 Å².